The molecule has 1 aromatic carbocycles. The number of fused-ring (bicyclic) bond motifs is 2. The predicted molar refractivity (Wildman–Crippen MR) is 119 cm³/mol. The van der Waals surface area contributed by atoms with Crippen LogP contribution in [0.3, 0.4) is 0 Å². The second-order valence-electron chi connectivity index (χ2n) is 7.74. The van der Waals surface area contributed by atoms with Crippen molar-refractivity contribution in [3.8, 4) is 11.5 Å². The number of hydrogen-bond acceptors (Lipinski definition) is 7. The normalized spacial score (nSPS) is 15.8. The minimum Gasteiger partial charge on any atom is -0.486 e. The lowest BCUT2D eigenvalue weighted by molar-refractivity contribution is -0.129. The number of ether oxygens (including phenoxy) is 2. The van der Waals surface area contributed by atoms with Crippen molar-refractivity contribution in [2.24, 2.45) is 0 Å². The number of furan rings is 1. The van der Waals surface area contributed by atoms with Crippen molar-refractivity contribution in [2.75, 3.05) is 45.1 Å². The van der Waals surface area contributed by atoms with E-state index in [2.05, 4.69) is 6.07 Å². The maximum Gasteiger partial charge on any atom is 0.289 e. The number of pyridine rings is 1. The summed E-state index contributed by atoms with van der Waals surface area (Å²) in [6.45, 7) is 5.09. The lowest BCUT2D eigenvalue weighted by Crippen LogP contribution is -2.51. The van der Waals surface area contributed by atoms with E-state index in [0.717, 1.165) is 27.2 Å². The van der Waals surface area contributed by atoms with Gasteiger partial charge in [-0.1, -0.05) is 11.8 Å². The zero-order valence-corrected chi connectivity index (χ0v) is 18.5. The number of rotatable bonds is 4. The zero-order chi connectivity index (χ0) is 22.1. The van der Waals surface area contributed by atoms with Gasteiger partial charge in [0.1, 0.15) is 18.2 Å². The number of thioether (sulfide) groups is 1. The molecule has 9 heteroatoms. The summed E-state index contributed by atoms with van der Waals surface area (Å²) >= 11 is 1.44. The van der Waals surface area contributed by atoms with Crippen molar-refractivity contribution in [3.05, 3.63) is 47.9 Å². The number of aromatic nitrogens is 1. The van der Waals surface area contributed by atoms with Gasteiger partial charge in [0.05, 0.1) is 17.5 Å². The SMILES string of the molecule is Cc1cc2cc3c(cc2nc1SCC(=O)N1CCN(C(=O)c2ccco2)CC1)OCCO3. The van der Waals surface area contributed by atoms with Gasteiger partial charge in [-0.2, -0.15) is 0 Å². The first-order valence-corrected chi connectivity index (χ1v) is 11.5. The van der Waals surface area contributed by atoms with Gasteiger partial charge >= 0.3 is 0 Å². The Morgan fingerprint density at radius 2 is 1.75 bits per heavy atom. The van der Waals surface area contributed by atoms with Crippen LogP contribution >= 0.6 is 11.8 Å². The molecular weight excluding hydrogens is 430 g/mol. The van der Waals surface area contributed by atoms with Crippen LogP contribution in [-0.4, -0.2) is 71.7 Å². The molecule has 0 aliphatic carbocycles. The number of aryl methyl sites for hydroxylation is 1. The molecule has 2 aliphatic heterocycles. The quantitative estimate of drug-likeness (QED) is 0.562. The molecule has 0 saturated carbocycles. The van der Waals surface area contributed by atoms with Crippen LogP contribution in [0.5, 0.6) is 11.5 Å². The average Bonchev–Trinajstić information content (AvgIpc) is 3.36. The molecule has 0 unspecified atom stereocenters. The average molecular weight is 454 g/mol. The van der Waals surface area contributed by atoms with Crippen LogP contribution < -0.4 is 9.47 Å². The Hall–Kier alpha value is -3.20. The highest BCUT2D eigenvalue weighted by atomic mass is 32.2. The molecule has 0 radical (unpaired) electrons. The van der Waals surface area contributed by atoms with Crippen LogP contribution in [-0.2, 0) is 4.79 Å². The summed E-state index contributed by atoms with van der Waals surface area (Å²) in [7, 11) is 0. The smallest absolute Gasteiger partial charge is 0.289 e. The Labute approximate surface area is 189 Å². The maximum atomic E-state index is 12.8. The number of carbonyl (C=O) groups excluding carboxylic acids is 2. The van der Waals surface area contributed by atoms with Gasteiger partial charge in [-0.15, -0.1) is 0 Å². The third kappa shape index (κ3) is 4.12. The number of benzene rings is 1. The summed E-state index contributed by atoms with van der Waals surface area (Å²) in [4.78, 5) is 33.4. The lowest BCUT2D eigenvalue weighted by atomic mass is 10.1. The molecule has 3 aromatic rings. The molecule has 166 valence electrons. The molecule has 1 saturated heterocycles. The Morgan fingerprint density at radius 3 is 2.47 bits per heavy atom. The van der Waals surface area contributed by atoms with Gasteiger partial charge in [-0.05, 0) is 36.8 Å². The second-order valence-corrected chi connectivity index (χ2v) is 8.70. The van der Waals surface area contributed by atoms with Gasteiger partial charge in [0, 0.05) is 37.6 Å². The third-order valence-electron chi connectivity index (χ3n) is 5.61. The molecule has 5 rings (SSSR count). The van der Waals surface area contributed by atoms with E-state index in [1.165, 1.54) is 18.0 Å². The fourth-order valence-corrected chi connectivity index (χ4v) is 4.77. The fourth-order valence-electron chi connectivity index (χ4n) is 3.88. The molecule has 1 fully saturated rings. The molecular formula is C23H23N3O5S. The molecule has 2 amide bonds. The summed E-state index contributed by atoms with van der Waals surface area (Å²) in [5, 5.41) is 1.81. The number of piperazine rings is 1. The highest BCUT2D eigenvalue weighted by Crippen LogP contribution is 2.35. The molecule has 0 N–H and O–H groups in total. The molecule has 32 heavy (non-hydrogen) atoms. The first-order valence-electron chi connectivity index (χ1n) is 10.5. The predicted octanol–water partition coefficient (Wildman–Crippen LogP) is 2.98. The summed E-state index contributed by atoms with van der Waals surface area (Å²) in [6.07, 6.45) is 1.49. The van der Waals surface area contributed by atoms with E-state index >= 15 is 0 Å². The van der Waals surface area contributed by atoms with Crippen molar-refractivity contribution >= 4 is 34.5 Å². The van der Waals surface area contributed by atoms with Crippen LogP contribution in [0, 0.1) is 6.92 Å². The maximum absolute atomic E-state index is 12.8. The minimum absolute atomic E-state index is 0.0450. The van der Waals surface area contributed by atoms with Crippen molar-refractivity contribution in [1.82, 2.24) is 14.8 Å². The second kappa shape index (κ2) is 8.74. The van der Waals surface area contributed by atoms with Gasteiger partial charge in [0.25, 0.3) is 5.91 Å². The summed E-state index contributed by atoms with van der Waals surface area (Å²) in [5.41, 5.74) is 1.83. The number of hydrogen-bond donors (Lipinski definition) is 0. The first kappa shape index (κ1) is 20.7. The van der Waals surface area contributed by atoms with E-state index in [4.69, 9.17) is 18.9 Å². The first-order chi connectivity index (χ1) is 15.6. The van der Waals surface area contributed by atoms with Crippen molar-refractivity contribution < 1.29 is 23.5 Å². The van der Waals surface area contributed by atoms with Gasteiger partial charge in [-0.3, -0.25) is 9.59 Å². The number of nitrogens with zero attached hydrogens (tertiary/aromatic N) is 3. The van der Waals surface area contributed by atoms with Crippen LogP contribution in [0.15, 0.2) is 46.0 Å². The Bertz CT molecular complexity index is 1160. The van der Waals surface area contributed by atoms with Crippen molar-refractivity contribution in [2.45, 2.75) is 11.9 Å². The summed E-state index contributed by atoms with van der Waals surface area (Å²) in [6, 6.07) is 9.26. The molecule has 2 aliphatic rings. The Morgan fingerprint density at radius 1 is 1.03 bits per heavy atom. The van der Waals surface area contributed by atoms with Crippen molar-refractivity contribution in [1.29, 1.82) is 0 Å². The summed E-state index contributed by atoms with van der Waals surface area (Å²) < 4.78 is 16.5. The molecule has 4 heterocycles. The molecule has 0 spiro atoms. The van der Waals surface area contributed by atoms with Crippen LogP contribution in [0.1, 0.15) is 16.1 Å². The fraction of sp³-hybridized carbons (Fsp3) is 0.348. The molecule has 2 aromatic heterocycles. The van der Waals surface area contributed by atoms with Crippen LogP contribution in [0.4, 0.5) is 0 Å². The number of amides is 2. The molecule has 8 nitrogen and oxygen atoms in total. The van der Waals surface area contributed by atoms with E-state index in [1.54, 1.807) is 21.9 Å². The highest BCUT2D eigenvalue weighted by molar-refractivity contribution is 7.99. The Balaban J connectivity index is 1.20. The largest absolute Gasteiger partial charge is 0.486 e. The van der Waals surface area contributed by atoms with Crippen molar-refractivity contribution in [3.63, 3.8) is 0 Å². The van der Waals surface area contributed by atoms with Crippen LogP contribution in [0.2, 0.25) is 0 Å². The number of carbonyl (C=O) groups is 2. The van der Waals surface area contributed by atoms with E-state index in [9.17, 15) is 9.59 Å². The van der Waals surface area contributed by atoms with E-state index in [1.807, 2.05) is 19.1 Å². The topological polar surface area (TPSA) is 85.1 Å². The highest BCUT2D eigenvalue weighted by Gasteiger charge is 2.26. The van der Waals surface area contributed by atoms with E-state index < -0.39 is 0 Å². The van der Waals surface area contributed by atoms with Crippen LogP contribution in [0.25, 0.3) is 10.9 Å². The molecule has 0 atom stereocenters. The standard InChI is InChI=1S/C23H23N3O5S/c1-15-11-16-12-19-20(31-10-9-30-19)13-17(16)24-22(15)32-14-21(27)25-4-6-26(7-5-25)23(28)18-3-2-8-29-18/h2-3,8,11-13H,4-7,9-10,14H2,1H3. The van der Waals surface area contributed by atoms with E-state index in [-0.39, 0.29) is 11.8 Å². The Kier molecular flexibility index (Phi) is 5.65. The minimum atomic E-state index is -0.135. The lowest BCUT2D eigenvalue weighted by Gasteiger charge is -2.34. The zero-order valence-electron chi connectivity index (χ0n) is 17.7. The third-order valence-corrected chi connectivity index (χ3v) is 6.68. The molecule has 0 bridgehead atoms. The van der Waals surface area contributed by atoms with Gasteiger partial charge < -0.3 is 23.7 Å². The monoisotopic (exact) mass is 453 g/mol. The van der Waals surface area contributed by atoms with Gasteiger partial charge in [0.15, 0.2) is 17.3 Å². The van der Waals surface area contributed by atoms with Gasteiger partial charge in [0.2, 0.25) is 5.91 Å². The van der Waals surface area contributed by atoms with Gasteiger partial charge in [-0.25, -0.2) is 4.98 Å². The summed E-state index contributed by atoms with van der Waals surface area (Å²) in [5.74, 6) is 1.99. The van der Waals surface area contributed by atoms with E-state index in [0.29, 0.717) is 56.7 Å².